The molecule has 0 aromatic heterocycles. The van der Waals surface area contributed by atoms with Gasteiger partial charge in [0.1, 0.15) is 23.8 Å². The number of hydrogen-bond acceptors (Lipinski definition) is 3. The number of alkyl halides is 3. The van der Waals surface area contributed by atoms with Gasteiger partial charge >= 0.3 is 6.18 Å². The molecule has 0 bridgehead atoms. The Hall–Kier alpha value is -3.41. The Balaban J connectivity index is 1.73. The zero-order valence-corrected chi connectivity index (χ0v) is 14.5. The van der Waals surface area contributed by atoms with Gasteiger partial charge in [-0.2, -0.15) is 18.4 Å². The Morgan fingerprint density at radius 1 is 1.07 bits per heavy atom. The van der Waals surface area contributed by atoms with E-state index in [1.807, 2.05) is 6.07 Å². The third-order valence-electron chi connectivity index (χ3n) is 5.09. The molecule has 3 unspecified atom stereocenters. The maximum atomic E-state index is 14.3. The van der Waals surface area contributed by atoms with Crippen molar-refractivity contribution < 1.29 is 26.7 Å². The molecule has 1 N–H and O–H groups in total. The van der Waals surface area contributed by atoms with Crippen LogP contribution in [0.25, 0.3) is 5.70 Å². The van der Waals surface area contributed by atoms with Gasteiger partial charge in [0.25, 0.3) is 5.91 Å². The predicted molar refractivity (Wildman–Crippen MR) is 91.8 cm³/mol. The van der Waals surface area contributed by atoms with Gasteiger partial charge in [-0.25, -0.2) is 8.78 Å². The summed E-state index contributed by atoms with van der Waals surface area (Å²) in [5.74, 6) is -4.32. The van der Waals surface area contributed by atoms with Crippen molar-refractivity contribution in [3.63, 3.8) is 0 Å². The number of nitrogens with one attached hydrogen (secondary N) is 1. The van der Waals surface area contributed by atoms with E-state index in [2.05, 4.69) is 5.32 Å². The van der Waals surface area contributed by atoms with E-state index in [1.54, 1.807) is 12.1 Å². The zero-order chi connectivity index (χ0) is 20.9. The van der Waals surface area contributed by atoms with Gasteiger partial charge in [0.05, 0.1) is 17.6 Å². The van der Waals surface area contributed by atoms with Crippen molar-refractivity contribution in [3.05, 3.63) is 76.9 Å². The average molecular weight is 405 g/mol. The summed E-state index contributed by atoms with van der Waals surface area (Å²) in [5.41, 5.74) is 0.807. The summed E-state index contributed by atoms with van der Waals surface area (Å²) >= 11 is 0. The van der Waals surface area contributed by atoms with Crippen LogP contribution in [0.2, 0.25) is 0 Å². The largest absolute Gasteiger partial charge is 0.409 e. The highest BCUT2D eigenvalue weighted by molar-refractivity contribution is 5.98. The zero-order valence-electron chi connectivity index (χ0n) is 14.5. The highest BCUT2D eigenvalue weighted by Crippen LogP contribution is 2.49. The number of nitrogens with zero attached hydrogens (tertiary/aromatic N) is 2. The lowest BCUT2D eigenvalue weighted by Crippen LogP contribution is -2.74. The third-order valence-corrected chi connectivity index (χ3v) is 5.09. The van der Waals surface area contributed by atoms with Crippen LogP contribution in [0.5, 0.6) is 0 Å². The molecule has 29 heavy (non-hydrogen) atoms. The Bertz CT molecular complexity index is 1060. The molecule has 4 rings (SSSR count). The van der Waals surface area contributed by atoms with Gasteiger partial charge in [0, 0.05) is 17.8 Å². The van der Waals surface area contributed by atoms with Crippen molar-refractivity contribution in [1.29, 1.82) is 5.26 Å². The molecule has 1 saturated heterocycles. The number of carbonyl (C=O) groups is 1. The van der Waals surface area contributed by atoms with E-state index in [1.165, 1.54) is 12.1 Å². The van der Waals surface area contributed by atoms with E-state index in [-0.39, 0.29) is 11.3 Å². The molecule has 9 heteroatoms. The number of hydrogen-bond donors (Lipinski definition) is 1. The van der Waals surface area contributed by atoms with E-state index in [4.69, 9.17) is 5.26 Å². The monoisotopic (exact) mass is 405 g/mol. The molecule has 2 aliphatic heterocycles. The summed E-state index contributed by atoms with van der Waals surface area (Å²) in [7, 11) is 0. The van der Waals surface area contributed by atoms with Crippen molar-refractivity contribution in [2.45, 2.75) is 24.3 Å². The minimum atomic E-state index is -4.79. The van der Waals surface area contributed by atoms with Gasteiger partial charge < -0.3 is 10.2 Å². The number of rotatable bonds is 2. The molecule has 148 valence electrons. The molecule has 1 fully saturated rings. The first-order chi connectivity index (χ1) is 13.7. The van der Waals surface area contributed by atoms with Crippen LogP contribution in [0.4, 0.5) is 22.0 Å². The first kappa shape index (κ1) is 18.9. The highest BCUT2D eigenvalue weighted by Gasteiger charge is 2.64. The van der Waals surface area contributed by atoms with Crippen molar-refractivity contribution in [1.82, 2.24) is 10.2 Å². The quantitative estimate of drug-likeness (QED) is 0.776. The van der Waals surface area contributed by atoms with Crippen molar-refractivity contribution in [3.8, 4) is 6.07 Å². The van der Waals surface area contributed by atoms with Gasteiger partial charge in [-0.3, -0.25) is 4.79 Å². The van der Waals surface area contributed by atoms with E-state index < -0.39 is 41.8 Å². The normalized spacial score (nSPS) is 23.4. The average Bonchev–Trinajstić information content (AvgIpc) is 2.64. The van der Waals surface area contributed by atoms with E-state index in [0.29, 0.717) is 22.1 Å². The Kier molecular flexibility index (Phi) is 4.30. The lowest BCUT2D eigenvalue weighted by atomic mass is 9.76. The molecule has 4 nitrogen and oxygen atoms in total. The maximum Gasteiger partial charge on any atom is 0.409 e. The second-order valence-corrected chi connectivity index (χ2v) is 6.76. The van der Waals surface area contributed by atoms with Crippen LogP contribution in [-0.2, 0) is 4.79 Å². The van der Waals surface area contributed by atoms with Gasteiger partial charge in [0.2, 0.25) is 0 Å². The summed E-state index contributed by atoms with van der Waals surface area (Å²) < 4.78 is 68.4. The fourth-order valence-electron chi connectivity index (χ4n) is 3.79. The number of benzene rings is 2. The number of carbonyl (C=O) groups excluding carboxylic acids is 1. The molecule has 0 saturated carbocycles. The summed E-state index contributed by atoms with van der Waals surface area (Å²) in [5, 5.41) is 11.7. The van der Waals surface area contributed by atoms with E-state index in [0.717, 1.165) is 18.2 Å². The fourth-order valence-corrected chi connectivity index (χ4v) is 3.79. The topological polar surface area (TPSA) is 56.1 Å². The van der Waals surface area contributed by atoms with Crippen LogP contribution in [0.3, 0.4) is 0 Å². The summed E-state index contributed by atoms with van der Waals surface area (Å²) in [6.07, 6.45) is -4.91. The standard InChI is InChI=1S/C20H12F5N3O/c21-12-5-6-13(14(22)7-12)17-18(20(23,24)25)28-16(29)8-15(27-19(17)28)11-3-1-10(9-26)2-4-11/h1-8,17-19,27H. The lowest BCUT2D eigenvalue weighted by molar-refractivity contribution is -0.236. The van der Waals surface area contributed by atoms with Crippen LogP contribution in [0.15, 0.2) is 48.5 Å². The SMILES string of the molecule is N#Cc1ccc(C2=CC(=O)N3C(N2)C(c2ccc(F)cc2F)C3C(F)(F)F)cc1. The second-order valence-electron chi connectivity index (χ2n) is 6.76. The first-order valence-electron chi connectivity index (χ1n) is 8.53. The number of nitriles is 1. The van der Waals surface area contributed by atoms with Crippen molar-refractivity contribution >= 4 is 11.6 Å². The third kappa shape index (κ3) is 3.10. The van der Waals surface area contributed by atoms with Crippen LogP contribution in [-0.4, -0.2) is 29.2 Å². The van der Waals surface area contributed by atoms with Crippen LogP contribution >= 0.6 is 0 Å². The van der Waals surface area contributed by atoms with Crippen LogP contribution in [0, 0.1) is 23.0 Å². The molecule has 2 heterocycles. The molecule has 0 aliphatic carbocycles. The molecule has 2 aromatic carbocycles. The minimum Gasteiger partial charge on any atom is -0.364 e. The minimum absolute atomic E-state index is 0.258. The number of halogens is 5. The molecule has 3 atom stereocenters. The maximum absolute atomic E-state index is 14.3. The molecule has 1 amide bonds. The number of amides is 1. The van der Waals surface area contributed by atoms with Crippen molar-refractivity contribution in [2.75, 3.05) is 0 Å². The van der Waals surface area contributed by atoms with Gasteiger partial charge in [-0.15, -0.1) is 0 Å². The number of fused-ring (bicyclic) bond motifs is 1. The van der Waals surface area contributed by atoms with Crippen LogP contribution in [0.1, 0.15) is 22.6 Å². The first-order valence-corrected chi connectivity index (χ1v) is 8.53. The van der Waals surface area contributed by atoms with Crippen molar-refractivity contribution in [2.24, 2.45) is 0 Å². The molecule has 2 aliphatic rings. The Labute approximate surface area is 161 Å². The van der Waals surface area contributed by atoms with E-state index >= 15 is 0 Å². The highest BCUT2D eigenvalue weighted by atomic mass is 19.4. The summed E-state index contributed by atoms with van der Waals surface area (Å²) in [4.78, 5) is 13.1. The van der Waals surface area contributed by atoms with Crippen LogP contribution < -0.4 is 5.32 Å². The molecule has 2 aromatic rings. The molecular formula is C20H12F5N3O. The second kappa shape index (κ2) is 6.58. The Morgan fingerprint density at radius 3 is 2.34 bits per heavy atom. The fraction of sp³-hybridized carbons (Fsp3) is 0.200. The summed E-state index contributed by atoms with van der Waals surface area (Å²) in [6.45, 7) is 0. The smallest absolute Gasteiger partial charge is 0.364 e. The van der Waals surface area contributed by atoms with Gasteiger partial charge in [-0.1, -0.05) is 18.2 Å². The van der Waals surface area contributed by atoms with E-state index in [9.17, 15) is 26.7 Å². The summed E-state index contributed by atoms with van der Waals surface area (Å²) in [6, 6.07) is 8.20. The molecular weight excluding hydrogens is 393 g/mol. The molecule has 0 spiro atoms. The van der Waals surface area contributed by atoms with Gasteiger partial charge in [0.15, 0.2) is 0 Å². The lowest BCUT2D eigenvalue weighted by Gasteiger charge is -2.57. The molecule has 0 radical (unpaired) electrons. The van der Waals surface area contributed by atoms with Gasteiger partial charge in [-0.05, 0) is 29.3 Å². The predicted octanol–water partition coefficient (Wildman–Crippen LogP) is 3.66. The Morgan fingerprint density at radius 2 is 1.76 bits per heavy atom.